The summed E-state index contributed by atoms with van der Waals surface area (Å²) in [6.07, 6.45) is 0.781. The molecular formula is C20H23N5O4S. The number of carbonyl (C=O) groups excluding carboxylic acids is 1. The van der Waals surface area contributed by atoms with Crippen LogP contribution in [0.2, 0.25) is 0 Å². The SMILES string of the molecule is CCCn1c(SCC(=O)Nc2ccc3c(c2)OCO3)nc2c(C)nn(CC)c2c1=O. The van der Waals surface area contributed by atoms with E-state index in [0.29, 0.717) is 52.2 Å². The van der Waals surface area contributed by atoms with Gasteiger partial charge in [-0.15, -0.1) is 0 Å². The zero-order valence-electron chi connectivity index (χ0n) is 17.1. The van der Waals surface area contributed by atoms with Crippen molar-refractivity contribution in [2.24, 2.45) is 0 Å². The molecule has 1 aliphatic heterocycles. The van der Waals surface area contributed by atoms with E-state index in [1.165, 1.54) is 11.8 Å². The maximum atomic E-state index is 13.1. The van der Waals surface area contributed by atoms with Gasteiger partial charge in [0, 0.05) is 24.8 Å². The summed E-state index contributed by atoms with van der Waals surface area (Å²) < 4.78 is 13.9. The zero-order chi connectivity index (χ0) is 21.3. The quantitative estimate of drug-likeness (QED) is 0.455. The number of anilines is 1. The largest absolute Gasteiger partial charge is 0.454 e. The average Bonchev–Trinajstić information content (AvgIpc) is 3.32. The van der Waals surface area contributed by atoms with Crippen LogP contribution < -0.4 is 20.3 Å². The Kier molecular flexibility index (Phi) is 5.67. The van der Waals surface area contributed by atoms with Crippen LogP contribution >= 0.6 is 11.8 Å². The number of rotatable bonds is 7. The summed E-state index contributed by atoms with van der Waals surface area (Å²) in [4.78, 5) is 30.3. The fraction of sp³-hybridized carbons (Fsp3) is 0.400. The molecule has 3 heterocycles. The molecule has 158 valence electrons. The maximum absolute atomic E-state index is 13.1. The van der Waals surface area contributed by atoms with E-state index in [1.54, 1.807) is 27.4 Å². The lowest BCUT2D eigenvalue weighted by atomic mass is 10.3. The van der Waals surface area contributed by atoms with Gasteiger partial charge < -0.3 is 14.8 Å². The first-order valence-corrected chi connectivity index (χ1v) is 10.8. The van der Waals surface area contributed by atoms with Crippen LogP contribution in [0.1, 0.15) is 26.0 Å². The lowest BCUT2D eigenvalue weighted by Gasteiger charge is -2.12. The van der Waals surface area contributed by atoms with Crippen LogP contribution in [0.15, 0.2) is 28.2 Å². The predicted molar refractivity (Wildman–Crippen MR) is 114 cm³/mol. The molecule has 2 aromatic heterocycles. The van der Waals surface area contributed by atoms with Gasteiger partial charge in [-0.05, 0) is 32.4 Å². The van der Waals surface area contributed by atoms with E-state index < -0.39 is 0 Å². The molecule has 1 aliphatic rings. The topological polar surface area (TPSA) is 100 Å². The minimum atomic E-state index is -0.197. The smallest absolute Gasteiger partial charge is 0.280 e. The molecule has 0 radical (unpaired) electrons. The van der Waals surface area contributed by atoms with Gasteiger partial charge in [0.2, 0.25) is 12.7 Å². The van der Waals surface area contributed by atoms with Gasteiger partial charge in [0.15, 0.2) is 22.2 Å². The third-order valence-corrected chi connectivity index (χ3v) is 5.69. The number of fused-ring (bicyclic) bond motifs is 2. The van der Waals surface area contributed by atoms with E-state index in [-0.39, 0.29) is 24.0 Å². The summed E-state index contributed by atoms with van der Waals surface area (Å²) in [5, 5.41) is 7.79. The number of aromatic nitrogens is 4. The van der Waals surface area contributed by atoms with Crippen molar-refractivity contribution in [2.45, 2.75) is 45.4 Å². The van der Waals surface area contributed by atoms with Crippen LogP contribution in [-0.2, 0) is 17.9 Å². The summed E-state index contributed by atoms with van der Waals surface area (Å²) in [6.45, 7) is 7.09. The standard InChI is InChI=1S/C20H23N5O4S/c1-4-8-24-19(27)18-17(12(3)23-25(18)5-2)22-20(24)30-10-16(26)21-13-6-7-14-15(9-13)29-11-28-14/h6-7,9H,4-5,8,10-11H2,1-3H3,(H,21,26). The molecule has 0 bridgehead atoms. The van der Waals surface area contributed by atoms with Crippen molar-refractivity contribution in [1.82, 2.24) is 19.3 Å². The summed E-state index contributed by atoms with van der Waals surface area (Å²) in [5.74, 6) is 1.19. The Hall–Kier alpha value is -3.01. The average molecular weight is 430 g/mol. The van der Waals surface area contributed by atoms with Gasteiger partial charge >= 0.3 is 0 Å². The lowest BCUT2D eigenvalue weighted by Crippen LogP contribution is -2.25. The molecule has 1 aromatic carbocycles. The first-order chi connectivity index (χ1) is 14.5. The van der Waals surface area contributed by atoms with Crippen molar-refractivity contribution < 1.29 is 14.3 Å². The van der Waals surface area contributed by atoms with Crippen LogP contribution in [0.5, 0.6) is 11.5 Å². The van der Waals surface area contributed by atoms with Crippen molar-refractivity contribution in [1.29, 1.82) is 0 Å². The van der Waals surface area contributed by atoms with Gasteiger partial charge in [-0.1, -0.05) is 18.7 Å². The van der Waals surface area contributed by atoms with Gasteiger partial charge in [0.25, 0.3) is 5.56 Å². The van der Waals surface area contributed by atoms with Crippen LogP contribution in [0.25, 0.3) is 11.0 Å². The molecule has 1 amide bonds. The number of benzene rings is 1. The predicted octanol–water partition coefficient (Wildman–Crippen LogP) is 2.79. The van der Waals surface area contributed by atoms with Gasteiger partial charge in [-0.25, -0.2) is 4.98 Å². The van der Waals surface area contributed by atoms with Crippen molar-refractivity contribution in [3.63, 3.8) is 0 Å². The molecule has 0 spiro atoms. The van der Waals surface area contributed by atoms with Gasteiger partial charge in [0.1, 0.15) is 5.52 Å². The Morgan fingerprint density at radius 2 is 2.07 bits per heavy atom. The van der Waals surface area contributed by atoms with Crippen LogP contribution in [0.4, 0.5) is 5.69 Å². The first-order valence-electron chi connectivity index (χ1n) is 9.82. The number of hydrogen-bond donors (Lipinski definition) is 1. The summed E-state index contributed by atoms with van der Waals surface area (Å²) in [5.41, 5.74) is 2.31. The highest BCUT2D eigenvalue weighted by Crippen LogP contribution is 2.34. The highest BCUT2D eigenvalue weighted by Gasteiger charge is 2.19. The second kappa shape index (κ2) is 8.39. The Morgan fingerprint density at radius 1 is 1.27 bits per heavy atom. The molecule has 30 heavy (non-hydrogen) atoms. The van der Waals surface area contributed by atoms with E-state index in [1.807, 2.05) is 20.8 Å². The molecule has 0 unspecified atom stereocenters. The molecule has 0 fully saturated rings. The zero-order valence-corrected chi connectivity index (χ0v) is 17.9. The Labute approximate surface area is 177 Å². The van der Waals surface area contributed by atoms with Crippen molar-refractivity contribution in [2.75, 3.05) is 17.9 Å². The number of thioether (sulfide) groups is 1. The van der Waals surface area contributed by atoms with Crippen molar-refractivity contribution in [3.8, 4) is 11.5 Å². The van der Waals surface area contributed by atoms with Crippen LogP contribution in [0.3, 0.4) is 0 Å². The molecule has 4 rings (SSSR count). The van der Waals surface area contributed by atoms with Gasteiger partial charge in [-0.3, -0.25) is 18.8 Å². The number of nitrogens with zero attached hydrogens (tertiary/aromatic N) is 4. The highest BCUT2D eigenvalue weighted by atomic mass is 32.2. The molecule has 1 N–H and O–H groups in total. The molecule has 0 saturated heterocycles. The van der Waals surface area contributed by atoms with Crippen molar-refractivity contribution in [3.05, 3.63) is 34.2 Å². The van der Waals surface area contributed by atoms with E-state index in [9.17, 15) is 9.59 Å². The number of nitrogens with one attached hydrogen (secondary N) is 1. The molecule has 3 aromatic rings. The Balaban J connectivity index is 1.55. The maximum Gasteiger partial charge on any atom is 0.280 e. The second-order valence-corrected chi connectivity index (χ2v) is 7.80. The monoisotopic (exact) mass is 429 g/mol. The third kappa shape index (κ3) is 3.74. The van der Waals surface area contributed by atoms with E-state index in [4.69, 9.17) is 9.47 Å². The normalized spacial score (nSPS) is 12.5. The highest BCUT2D eigenvalue weighted by molar-refractivity contribution is 7.99. The molecule has 0 atom stereocenters. The van der Waals surface area contributed by atoms with Crippen molar-refractivity contribution >= 4 is 34.4 Å². The number of hydrogen-bond acceptors (Lipinski definition) is 7. The van der Waals surface area contributed by atoms with Gasteiger partial charge in [-0.2, -0.15) is 5.10 Å². The van der Waals surface area contributed by atoms with E-state index in [2.05, 4.69) is 15.4 Å². The lowest BCUT2D eigenvalue weighted by molar-refractivity contribution is -0.113. The number of ether oxygens (including phenoxy) is 2. The summed E-state index contributed by atoms with van der Waals surface area (Å²) >= 11 is 1.24. The fourth-order valence-corrected chi connectivity index (χ4v) is 4.17. The Bertz CT molecular complexity index is 1170. The van der Waals surface area contributed by atoms with Gasteiger partial charge in [0.05, 0.1) is 11.4 Å². The second-order valence-electron chi connectivity index (χ2n) is 6.85. The molecule has 10 heteroatoms. The summed E-state index contributed by atoms with van der Waals surface area (Å²) in [7, 11) is 0. The molecule has 9 nitrogen and oxygen atoms in total. The number of aryl methyl sites for hydroxylation is 2. The number of carbonyl (C=O) groups is 1. The van der Waals surface area contributed by atoms with Crippen LogP contribution in [0, 0.1) is 6.92 Å². The molecular weight excluding hydrogens is 406 g/mol. The fourth-order valence-electron chi connectivity index (χ4n) is 3.35. The van der Waals surface area contributed by atoms with Crippen LogP contribution in [-0.4, -0.2) is 37.8 Å². The first kappa shape index (κ1) is 20.3. The summed E-state index contributed by atoms with van der Waals surface area (Å²) in [6, 6.07) is 5.24. The molecule has 0 aliphatic carbocycles. The Morgan fingerprint density at radius 3 is 2.83 bits per heavy atom. The minimum Gasteiger partial charge on any atom is -0.454 e. The van der Waals surface area contributed by atoms with E-state index >= 15 is 0 Å². The number of amides is 1. The van der Waals surface area contributed by atoms with E-state index in [0.717, 1.165) is 6.42 Å². The third-order valence-electron chi connectivity index (χ3n) is 4.72. The minimum absolute atomic E-state index is 0.122. The molecule has 0 saturated carbocycles.